The molecule has 1 atom stereocenters. The minimum Gasteiger partial charge on any atom is -0.496 e. The lowest BCUT2D eigenvalue weighted by atomic mass is 9.98. The lowest BCUT2D eigenvalue weighted by molar-refractivity contribution is -0.0640. The Morgan fingerprint density at radius 2 is 1.80 bits per heavy atom. The number of aryl methyl sites for hydroxylation is 1. The predicted octanol–water partition coefficient (Wildman–Crippen LogP) is 7.64. The van der Waals surface area contributed by atoms with Crippen LogP contribution < -0.4 is 18.9 Å². The Morgan fingerprint density at radius 3 is 2.45 bits per heavy atom. The number of rotatable bonds is 14. The van der Waals surface area contributed by atoms with Gasteiger partial charge in [-0.25, -0.2) is 9.78 Å². The lowest BCUT2D eigenvalue weighted by Crippen LogP contribution is -2.28. The number of nitrogens with zero attached hydrogens (tertiary/aromatic N) is 1. The maximum Gasteiger partial charge on any atom is 0.508 e. The third-order valence-corrected chi connectivity index (χ3v) is 8.45. The van der Waals surface area contributed by atoms with Gasteiger partial charge in [-0.05, 0) is 49.3 Å². The van der Waals surface area contributed by atoms with E-state index in [1.807, 2.05) is 30.5 Å². The number of methoxy groups -OCH3 is 1. The van der Waals surface area contributed by atoms with Crippen LogP contribution in [-0.2, 0) is 24.0 Å². The number of benzene rings is 2. The highest BCUT2D eigenvalue weighted by molar-refractivity contribution is 8.00. The highest BCUT2D eigenvalue weighted by Gasteiger charge is 2.27. The van der Waals surface area contributed by atoms with E-state index in [-0.39, 0.29) is 0 Å². The standard InChI is InChI=1S/C30H37NO7S2/c1-5-8-21-24(13-10-19-11-15-26(37-27(19)21)38-30(32)33)35-16-7-17-36-25-14-12-20(23-18-40-29(31-23)39-4)28(34-3)22(25)9-6-2/h10,12-14,18,26H,5-9,11,15-17H2,1-4H3,(H,32,33). The summed E-state index contributed by atoms with van der Waals surface area (Å²) in [5.74, 6) is 3.08. The molecule has 0 saturated heterocycles. The van der Waals surface area contributed by atoms with Crippen molar-refractivity contribution in [1.82, 2.24) is 4.98 Å². The molecule has 1 N–H and O–H groups in total. The van der Waals surface area contributed by atoms with Crippen LogP contribution in [0.15, 0.2) is 34.0 Å². The molecular formula is C30H37NO7S2. The first kappa shape index (κ1) is 29.9. The van der Waals surface area contributed by atoms with Crippen molar-refractivity contribution < 1.29 is 33.6 Å². The fraction of sp³-hybridized carbons (Fsp3) is 0.467. The van der Waals surface area contributed by atoms with Crippen molar-refractivity contribution in [1.29, 1.82) is 0 Å². The Balaban J connectivity index is 1.41. The smallest absolute Gasteiger partial charge is 0.496 e. The topological polar surface area (TPSA) is 96.3 Å². The fourth-order valence-electron chi connectivity index (χ4n) is 4.85. The average Bonchev–Trinajstić information content (AvgIpc) is 3.43. The van der Waals surface area contributed by atoms with E-state index < -0.39 is 12.4 Å². The number of hydrogen-bond acceptors (Lipinski definition) is 9. The molecule has 0 fully saturated rings. The third kappa shape index (κ3) is 7.14. The number of ether oxygens (including phenoxy) is 5. The monoisotopic (exact) mass is 587 g/mol. The predicted molar refractivity (Wildman–Crippen MR) is 158 cm³/mol. The van der Waals surface area contributed by atoms with Gasteiger partial charge in [-0.15, -0.1) is 11.3 Å². The van der Waals surface area contributed by atoms with E-state index in [0.717, 1.165) is 75.2 Å². The van der Waals surface area contributed by atoms with Gasteiger partial charge in [-0.2, -0.15) is 0 Å². The molecule has 3 aromatic rings. The second kappa shape index (κ2) is 14.5. The van der Waals surface area contributed by atoms with Gasteiger partial charge in [0.2, 0.25) is 6.29 Å². The number of thioether (sulfide) groups is 1. The van der Waals surface area contributed by atoms with Crippen molar-refractivity contribution in [2.24, 2.45) is 0 Å². The van der Waals surface area contributed by atoms with Gasteiger partial charge in [0.15, 0.2) is 0 Å². The summed E-state index contributed by atoms with van der Waals surface area (Å²) < 4.78 is 30.1. The van der Waals surface area contributed by atoms with E-state index in [1.54, 1.807) is 30.2 Å². The lowest BCUT2D eigenvalue weighted by Gasteiger charge is -2.27. The van der Waals surface area contributed by atoms with Crippen molar-refractivity contribution in [3.05, 3.63) is 46.3 Å². The van der Waals surface area contributed by atoms with Crippen LogP contribution in [0.25, 0.3) is 11.3 Å². The minimum atomic E-state index is -1.33. The second-order valence-corrected chi connectivity index (χ2v) is 11.3. The molecule has 0 aliphatic carbocycles. The van der Waals surface area contributed by atoms with E-state index in [1.165, 1.54) is 0 Å². The summed E-state index contributed by atoms with van der Waals surface area (Å²) in [7, 11) is 1.70. The zero-order chi connectivity index (χ0) is 28.5. The first-order chi connectivity index (χ1) is 19.5. The molecule has 0 amide bonds. The molecule has 40 heavy (non-hydrogen) atoms. The van der Waals surface area contributed by atoms with Crippen LogP contribution in [-0.4, -0.2) is 49.1 Å². The molecule has 1 unspecified atom stereocenters. The van der Waals surface area contributed by atoms with Gasteiger partial charge in [0.25, 0.3) is 0 Å². The summed E-state index contributed by atoms with van der Waals surface area (Å²) >= 11 is 3.27. The number of aromatic nitrogens is 1. The van der Waals surface area contributed by atoms with Crippen LogP contribution in [0.5, 0.6) is 23.0 Å². The summed E-state index contributed by atoms with van der Waals surface area (Å²) in [6.45, 7) is 5.20. The third-order valence-electron chi connectivity index (χ3n) is 6.59. The molecule has 8 nitrogen and oxygen atoms in total. The minimum absolute atomic E-state index is 0.471. The molecule has 0 radical (unpaired) electrons. The van der Waals surface area contributed by atoms with Crippen LogP contribution in [0.4, 0.5) is 4.79 Å². The summed E-state index contributed by atoms with van der Waals surface area (Å²) in [6.07, 6.45) is 5.24. The van der Waals surface area contributed by atoms with Crippen LogP contribution in [0.1, 0.15) is 56.2 Å². The largest absolute Gasteiger partial charge is 0.508 e. The molecule has 2 heterocycles. The number of fused-ring (bicyclic) bond motifs is 1. The molecule has 4 rings (SSSR count). The molecule has 0 spiro atoms. The van der Waals surface area contributed by atoms with Crippen LogP contribution in [0, 0.1) is 0 Å². The van der Waals surface area contributed by atoms with E-state index >= 15 is 0 Å². The molecule has 10 heteroatoms. The highest BCUT2D eigenvalue weighted by atomic mass is 32.2. The zero-order valence-corrected chi connectivity index (χ0v) is 25.1. The summed E-state index contributed by atoms with van der Waals surface area (Å²) in [5, 5.41) is 11.1. The zero-order valence-electron chi connectivity index (χ0n) is 23.5. The van der Waals surface area contributed by atoms with Gasteiger partial charge in [0.1, 0.15) is 27.3 Å². The van der Waals surface area contributed by atoms with E-state index in [4.69, 9.17) is 33.8 Å². The molecule has 1 aromatic heterocycles. The van der Waals surface area contributed by atoms with Crippen LogP contribution >= 0.6 is 23.1 Å². The van der Waals surface area contributed by atoms with Crippen LogP contribution in [0.3, 0.4) is 0 Å². The molecule has 0 saturated carbocycles. The Kier molecular flexibility index (Phi) is 10.8. The number of hydrogen-bond donors (Lipinski definition) is 1. The Labute approximate surface area is 244 Å². The summed E-state index contributed by atoms with van der Waals surface area (Å²) in [4.78, 5) is 15.7. The quantitative estimate of drug-likeness (QED) is 0.116. The molecule has 1 aliphatic heterocycles. The van der Waals surface area contributed by atoms with Gasteiger partial charge >= 0.3 is 6.16 Å². The Bertz CT molecular complexity index is 1290. The van der Waals surface area contributed by atoms with Gasteiger partial charge in [-0.1, -0.05) is 44.5 Å². The first-order valence-corrected chi connectivity index (χ1v) is 15.8. The normalized spacial score (nSPS) is 14.2. The average molecular weight is 588 g/mol. The second-order valence-electron chi connectivity index (χ2n) is 9.38. The molecule has 0 bridgehead atoms. The van der Waals surface area contributed by atoms with E-state index in [0.29, 0.717) is 38.2 Å². The van der Waals surface area contributed by atoms with E-state index in [9.17, 15) is 4.79 Å². The Morgan fingerprint density at radius 1 is 1.10 bits per heavy atom. The summed E-state index contributed by atoms with van der Waals surface area (Å²) in [6, 6.07) is 8.01. The fourth-order valence-corrected chi connectivity index (χ4v) is 6.11. The highest BCUT2D eigenvalue weighted by Crippen LogP contribution is 2.41. The van der Waals surface area contributed by atoms with Crippen LogP contribution in [0.2, 0.25) is 0 Å². The van der Waals surface area contributed by atoms with Crippen molar-refractivity contribution in [2.75, 3.05) is 26.6 Å². The van der Waals surface area contributed by atoms with Gasteiger partial charge in [-0.3, -0.25) is 0 Å². The number of carbonyl (C=O) groups is 1. The van der Waals surface area contributed by atoms with Crippen molar-refractivity contribution in [3.8, 4) is 34.3 Å². The van der Waals surface area contributed by atoms with Crippen molar-refractivity contribution in [2.45, 2.75) is 69.4 Å². The molecule has 2 aromatic carbocycles. The summed E-state index contributed by atoms with van der Waals surface area (Å²) in [5.41, 5.74) is 4.95. The maximum absolute atomic E-state index is 11.0. The molecular weight excluding hydrogens is 550 g/mol. The number of carboxylic acid groups (broad SMARTS) is 1. The van der Waals surface area contributed by atoms with Gasteiger partial charge in [0.05, 0.1) is 26.0 Å². The molecule has 1 aliphatic rings. The molecule has 216 valence electrons. The van der Waals surface area contributed by atoms with Crippen molar-refractivity contribution in [3.63, 3.8) is 0 Å². The maximum atomic E-state index is 11.0. The SMILES string of the molecule is CCCc1c(OCCCOc2ccc(-c3csc(SC)n3)c(OC)c2CCC)ccc2c1OC(OC(=O)O)CC2. The van der Waals surface area contributed by atoms with E-state index in [2.05, 4.69) is 19.2 Å². The first-order valence-electron chi connectivity index (χ1n) is 13.6. The van der Waals surface area contributed by atoms with Crippen molar-refractivity contribution >= 4 is 29.3 Å². The van der Waals surface area contributed by atoms with Gasteiger partial charge in [0, 0.05) is 34.9 Å². The Hall–Kier alpha value is -3.11. The number of thiazole rings is 1. The van der Waals surface area contributed by atoms with Gasteiger partial charge < -0.3 is 28.8 Å².